The fourth-order valence-electron chi connectivity index (χ4n) is 4.64. The summed E-state index contributed by atoms with van der Waals surface area (Å²) in [5.41, 5.74) is 3.03. The number of carbonyl (C=O) groups excluding carboxylic acids is 1. The minimum atomic E-state index is 0.216. The van der Waals surface area contributed by atoms with Crippen molar-refractivity contribution in [2.24, 2.45) is 0 Å². The predicted octanol–water partition coefficient (Wildman–Crippen LogP) is 2.83. The lowest BCUT2D eigenvalue weighted by molar-refractivity contribution is -0.107. The Morgan fingerprint density at radius 3 is 2.42 bits per heavy atom. The van der Waals surface area contributed by atoms with Gasteiger partial charge in [0.05, 0.1) is 25.0 Å². The first-order valence-electron chi connectivity index (χ1n) is 10.9. The largest absolute Gasteiger partial charge is 0.461 e. The molecule has 1 amide bonds. The average Bonchev–Trinajstić information content (AvgIpc) is 3.37. The number of hydrogen-bond donors (Lipinski definition) is 1. The number of hydrogen-bond acceptors (Lipinski definition) is 7. The van der Waals surface area contributed by atoms with E-state index in [1.54, 1.807) is 25.3 Å². The smallest absolute Gasteiger partial charge is 0.318 e. The third-order valence-corrected chi connectivity index (χ3v) is 6.28. The Balaban J connectivity index is 1.43. The molecule has 8 nitrogen and oxygen atoms in total. The molecule has 0 radical (unpaired) electrons. The fourth-order valence-corrected chi connectivity index (χ4v) is 4.64. The molecule has 0 saturated carbocycles. The van der Waals surface area contributed by atoms with E-state index in [9.17, 15) is 4.79 Å². The molecule has 1 aromatic carbocycles. The van der Waals surface area contributed by atoms with Crippen LogP contribution in [-0.4, -0.2) is 60.7 Å². The van der Waals surface area contributed by atoms with Crippen LogP contribution in [0.3, 0.4) is 0 Å². The maximum Gasteiger partial charge on any atom is 0.318 e. The van der Waals surface area contributed by atoms with Crippen LogP contribution >= 0.6 is 0 Å². The second-order valence-electron chi connectivity index (χ2n) is 8.17. The number of methoxy groups -OCH3 is 1. The molecule has 31 heavy (non-hydrogen) atoms. The normalized spacial score (nSPS) is 20.1. The van der Waals surface area contributed by atoms with Crippen LogP contribution in [0.4, 0.5) is 11.5 Å². The van der Waals surface area contributed by atoms with Crippen molar-refractivity contribution in [3.05, 3.63) is 41.6 Å². The summed E-state index contributed by atoms with van der Waals surface area (Å²) in [4.78, 5) is 24.7. The SMILES string of the molecule is CNc1cnc(OCCOC)nc1N(C=O)Cc1ccc(CN2C3CCC2CC3)cc1. The molecule has 2 aliphatic rings. The highest BCUT2D eigenvalue weighted by Crippen LogP contribution is 2.38. The molecule has 2 saturated heterocycles. The number of aromatic nitrogens is 2. The Bertz CT molecular complexity index is 856. The van der Waals surface area contributed by atoms with Crippen LogP contribution < -0.4 is 15.0 Å². The highest BCUT2D eigenvalue weighted by Gasteiger charge is 2.38. The van der Waals surface area contributed by atoms with Gasteiger partial charge in [-0.05, 0) is 36.8 Å². The quantitative estimate of drug-likeness (QED) is 0.438. The molecular formula is C23H31N5O3. The van der Waals surface area contributed by atoms with E-state index in [0.29, 0.717) is 31.3 Å². The summed E-state index contributed by atoms with van der Waals surface area (Å²) in [6.07, 6.45) is 7.80. The molecule has 1 aromatic heterocycles. The van der Waals surface area contributed by atoms with Crippen LogP contribution in [0.25, 0.3) is 0 Å². The first-order valence-corrected chi connectivity index (χ1v) is 10.9. The van der Waals surface area contributed by atoms with Crippen molar-refractivity contribution in [2.45, 2.75) is 50.9 Å². The Labute approximate surface area is 183 Å². The number of rotatable bonds is 11. The number of fused-ring (bicyclic) bond motifs is 2. The van der Waals surface area contributed by atoms with Gasteiger partial charge in [0.2, 0.25) is 6.41 Å². The molecule has 0 unspecified atom stereocenters. The Kier molecular flexibility index (Phi) is 6.99. The van der Waals surface area contributed by atoms with Gasteiger partial charge in [0, 0.05) is 32.8 Å². The Hall–Kier alpha value is -2.71. The zero-order chi connectivity index (χ0) is 21.6. The number of amides is 1. The summed E-state index contributed by atoms with van der Waals surface area (Å²) in [6, 6.07) is 10.3. The zero-order valence-electron chi connectivity index (χ0n) is 18.3. The van der Waals surface area contributed by atoms with Gasteiger partial charge in [-0.1, -0.05) is 24.3 Å². The summed E-state index contributed by atoms with van der Waals surface area (Å²) >= 11 is 0. The molecule has 0 aliphatic carbocycles. The van der Waals surface area contributed by atoms with Gasteiger partial charge in [0.1, 0.15) is 6.61 Å². The average molecular weight is 426 g/mol. The third kappa shape index (κ3) is 4.97. The first kappa shape index (κ1) is 21.5. The van der Waals surface area contributed by atoms with Crippen LogP contribution in [-0.2, 0) is 22.6 Å². The maximum absolute atomic E-state index is 11.9. The van der Waals surface area contributed by atoms with E-state index < -0.39 is 0 Å². The van der Waals surface area contributed by atoms with E-state index in [4.69, 9.17) is 9.47 Å². The van der Waals surface area contributed by atoms with Crippen molar-refractivity contribution in [3.8, 4) is 6.01 Å². The summed E-state index contributed by atoms with van der Waals surface area (Å²) in [6.45, 7) is 2.22. The van der Waals surface area contributed by atoms with Gasteiger partial charge in [0.15, 0.2) is 5.82 Å². The predicted molar refractivity (Wildman–Crippen MR) is 119 cm³/mol. The van der Waals surface area contributed by atoms with Crippen molar-refractivity contribution >= 4 is 17.9 Å². The van der Waals surface area contributed by atoms with E-state index in [0.717, 1.165) is 30.6 Å². The van der Waals surface area contributed by atoms with Gasteiger partial charge >= 0.3 is 6.01 Å². The number of anilines is 2. The molecule has 2 fully saturated rings. The van der Waals surface area contributed by atoms with E-state index in [2.05, 4.69) is 44.5 Å². The van der Waals surface area contributed by atoms with Crippen LogP contribution in [0, 0.1) is 0 Å². The minimum Gasteiger partial charge on any atom is -0.461 e. The fraction of sp³-hybridized carbons (Fsp3) is 0.522. The standard InChI is InChI=1S/C23H31N5O3/c1-24-21-13-25-23(31-12-11-30-2)26-22(21)27(16-29)14-17-3-5-18(6-4-17)15-28-19-7-8-20(28)10-9-19/h3-6,13,16,19-20,24H,7-12,14-15H2,1-2H3. The summed E-state index contributed by atoms with van der Waals surface area (Å²) < 4.78 is 10.5. The molecular weight excluding hydrogens is 394 g/mol. The van der Waals surface area contributed by atoms with Gasteiger partial charge in [-0.25, -0.2) is 4.98 Å². The summed E-state index contributed by atoms with van der Waals surface area (Å²) in [7, 11) is 3.38. The number of nitrogens with one attached hydrogen (secondary N) is 1. The highest BCUT2D eigenvalue weighted by molar-refractivity contribution is 5.80. The van der Waals surface area contributed by atoms with Gasteiger partial charge in [-0.15, -0.1) is 0 Å². The number of benzene rings is 1. The van der Waals surface area contributed by atoms with Gasteiger partial charge < -0.3 is 14.8 Å². The van der Waals surface area contributed by atoms with Crippen molar-refractivity contribution in [3.63, 3.8) is 0 Å². The van der Waals surface area contributed by atoms with Crippen molar-refractivity contribution in [1.29, 1.82) is 0 Å². The number of nitrogens with zero attached hydrogens (tertiary/aromatic N) is 4. The van der Waals surface area contributed by atoms with E-state index >= 15 is 0 Å². The van der Waals surface area contributed by atoms with Crippen molar-refractivity contribution in [1.82, 2.24) is 14.9 Å². The molecule has 2 aromatic rings. The monoisotopic (exact) mass is 425 g/mol. The second-order valence-corrected chi connectivity index (χ2v) is 8.17. The lowest BCUT2D eigenvalue weighted by Gasteiger charge is -2.22. The number of ether oxygens (including phenoxy) is 2. The second kappa shape index (κ2) is 10.1. The van der Waals surface area contributed by atoms with Gasteiger partial charge in [-0.3, -0.25) is 14.6 Å². The Morgan fingerprint density at radius 2 is 1.81 bits per heavy atom. The van der Waals surface area contributed by atoms with Crippen LogP contribution in [0.1, 0.15) is 36.8 Å². The number of carbonyl (C=O) groups is 1. The summed E-state index contributed by atoms with van der Waals surface area (Å²) in [5.74, 6) is 0.484. The van der Waals surface area contributed by atoms with Gasteiger partial charge in [-0.2, -0.15) is 4.98 Å². The molecule has 2 bridgehead atoms. The summed E-state index contributed by atoms with van der Waals surface area (Å²) in [5, 5.41) is 3.04. The molecule has 0 spiro atoms. The maximum atomic E-state index is 11.9. The molecule has 2 aliphatic heterocycles. The van der Waals surface area contributed by atoms with Crippen LogP contribution in [0.15, 0.2) is 30.5 Å². The molecule has 8 heteroatoms. The van der Waals surface area contributed by atoms with Crippen molar-refractivity contribution < 1.29 is 14.3 Å². The lowest BCUT2D eigenvalue weighted by atomic mass is 10.0. The molecule has 166 valence electrons. The highest BCUT2D eigenvalue weighted by atomic mass is 16.5. The third-order valence-electron chi connectivity index (χ3n) is 6.28. The van der Waals surface area contributed by atoms with E-state index in [1.807, 2.05) is 0 Å². The molecule has 4 rings (SSSR count). The first-order chi connectivity index (χ1) is 15.2. The molecule has 3 heterocycles. The molecule has 1 N–H and O–H groups in total. The topological polar surface area (TPSA) is 79.8 Å². The van der Waals surface area contributed by atoms with E-state index in [1.165, 1.54) is 31.2 Å². The molecule has 0 atom stereocenters. The van der Waals surface area contributed by atoms with Crippen LogP contribution in [0.5, 0.6) is 6.01 Å². The Morgan fingerprint density at radius 1 is 1.13 bits per heavy atom. The van der Waals surface area contributed by atoms with Crippen molar-refractivity contribution in [2.75, 3.05) is 37.6 Å². The van der Waals surface area contributed by atoms with Gasteiger partial charge in [0.25, 0.3) is 0 Å². The zero-order valence-corrected chi connectivity index (χ0v) is 18.3. The lowest BCUT2D eigenvalue weighted by Crippen LogP contribution is -2.27. The van der Waals surface area contributed by atoms with Crippen LogP contribution in [0.2, 0.25) is 0 Å². The minimum absolute atomic E-state index is 0.216. The van der Waals surface area contributed by atoms with E-state index in [-0.39, 0.29) is 6.01 Å².